The molecule has 130 valence electrons. The number of halogens is 1. The summed E-state index contributed by atoms with van der Waals surface area (Å²) in [6.07, 6.45) is 0. The number of aromatic nitrogens is 2. The molecule has 0 N–H and O–H groups in total. The van der Waals surface area contributed by atoms with Crippen LogP contribution in [0.25, 0.3) is 11.5 Å². The first kappa shape index (κ1) is 17.1. The van der Waals surface area contributed by atoms with Gasteiger partial charge in [0.15, 0.2) is 0 Å². The van der Waals surface area contributed by atoms with Crippen molar-refractivity contribution in [2.24, 2.45) is 0 Å². The quantitative estimate of drug-likeness (QED) is 0.686. The molecule has 0 aliphatic heterocycles. The SMILES string of the molecule is CN(Cc1cccc(N(C)C)c1)Cc1nnc(-c2cccc(F)c2)o1. The molecule has 1 aromatic heterocycles. The van der Waals surface area contributed by atoms with Crippen LogP contribution in [0.3, 0.4) is 0 Å². The van der Waals surface area contributed by atoms with Gasteiger partial charge in [0.25, 0.3) is 0 Å². The molecular formula is C19H21FN4O. The van der Waals surface area contributed by atoms with E-state index in [0.29, 0.717) is 23.9 Å². The van der Waals surface area contributed by atoms with Gasteiger partial charge in [0.2, 0.25) is 11.8 Å². The van der Waals surface area contributed by atoms with Crippen LogP contribution in [0.15, 0.2) is 52.9 Å². The number of anilines is 1. The number of rotatable bonds is 6. The van der Waals surface area contributed by atoms with Crippen molar-refractivity contribution in [3.63, 3.8) is 0 Å². The van der Waals surface area contributed by atoms with Gasteiger partial charge in [0.05, 0.1) is 6.54 Å². The van der Waals surface area contributed by atoms with Crippen LogP contribution in [0, 0.1) is 5.82 Å². The summed E-state index contributed by atoms with van der Waals surface area (Å²) in [6, 6.07) is 14.5. The van der Waals surface area contributed by atoms with Gasteiger partial charge in [-0.1, -0.05) is 18.2 Å². The summed E-state index contributed by atoms with van der Waals surface area (Å²) in [7, 11) is 6.04. The van der Waals surface area contributed by atoms with Crippen LogP contribution in [0.5, 0.6) is 0 Å². The van der Waals surface area contributed by atoms with E-state index in [0.717, 1.165) is 12.2 Å². The summed E-state index contributed by atoms with van der Waals surface area (Å²) in [5.74, 6) is 0.512. The van der Waals surface area contributed by atoms with Crippen LogP contribution in [0.1, 0.15) is 11.5 Å². The second-order valence-electron chi connectivity index (χ2n) is 6.25. The summed E-state index contributed by atoms with van der Waals surface area (Å²) < 4.78 is 19.0. The van der Waals surface area contributed by atoms with Gasteiger partial charge >= 0.3 is 0 Å². The minimum absolute atomic E-state index is 0.324. The van der Waals surface area contributed by atoms with E-state index < -0.39 is 0 Å². The first-order valence-corrected chi connectivity index (χ1v) is 8.04. The summed E-state index contributed by atoms with van der Waals surface area (Å²) >= 11 is 0. The zero-order chi connectivity index (χ0) is 17.8. The Morgan fingerprint density at radius 2 is 1.76 bits per heavy atom. The second kappa shape index (κ2) is 7.44. The molecule has 0 atom stereocenters. The van der Waals surface area contributed by atoms with E-state index >= 15 is 0 Å². The van der Waals surface area contributed by atoms with Gasteiger partial charge in [-0.3, -0.25) is 4.90 Å². The Morgan fingerprint density at radius 3 is 2.52 bits per heavy atom. The van der Waals surface area contributed by atoms with Gasteiger partial charge in [0, 0.05) is 31.9 Å². The van der Waals surface area contributed by atoms with Crippen LogP contribution in [0.2, 0.25) is 0 Å². The van der Waals surface area contributed by atoms with E-state index in [-0.39, 0.29) is 5.82 Å². The standard InChI is InChI=1S/C19H21FN4O/c1-23(2)17-9-4-6-14(10-17)12-24(3)13-18-21-22-19(25-18)15-7-5-8-16(20)11-15/h4-11H,12-13H2,1-3H3. The molecule has 6 heteroatoms. The third-order valence-electron chi connectivity index (χ3n) is 3.82. The lowest BCUT2D eigenvalue weighted by molar-refractivity contribution is 0.283. The molecule has 0 saturated carbocycles. The largest absolute Gasteiger partial charge is 0.419 e. The molecule has 0 saturated heterocycles. The monoisotopic (exact) mass is 340 g/mol. The molecule has 25 heavy (non-hydrogen) atoms. The molecular weight excluding hydrogens is 319 g/mol. The van der Waals surface area contributed by atoms with E-state index in [1.54, 1.807) is 12.1 Å². The average Bonchev–Trinajstić information content (AvgIpc) is 3.03. The fourth-order valence-corrected chi connectivity index (χ4v) is 2.59. The van der Waals surface area contributed by atoms with Gasteiger partial charge in [0.1, 0.15) is 5.82 Å². The number of hydrogen-bond donors (Lipinski definition) is 0. The molecule has 0 bridgehead atoms. The van der Waals surface area contributed by atoms with E-state index in [4.69, 9.17) is 4.42 Å². The van der Waals surface area contributed by atoms with Gasteiger partial charge in [-0.05, 0) is 42.9 Å². The molecule has 5 nitrogen and oxygen atoms in total. The van der Waals surface area contributed by atoms with Crippen LogP contribution in [-0.2, 0) is 13.1 Å². The topological polar surface area (TPSA) is 45.4 Å². The summed E-state index contributed by atoms with van der Waals surface area (Å²) in [4.78, 5) is 4.17. The molecule has 0 amide bonds. The first-order chi connectivity index (χ1) is 12.0. The average molecular weight is 340 g/mol. The van der Waals surface area contributed by atoms with E-state index in [9.17, 15) is 4.39 Å². The van der Waals surface area contributed by atoms with Gasteiger partial charge in [-0.25, -0.2) is 4.39 Å². The fraction of sp³-hybridized carbons (Fsp3) is 0.263. The van der Waals surface area contributed by atoms with E-state index in [1.807, 2.05) is 27.2 Å². The lowest BCUT2D eigenvalue weighted by Gasteiger charge is -2.17. The Labute approximate surface area is 146 Å². The van der Waals surface area contributed by atoms with Gasteiger partial charge in [-0.15, -0.1) is 10.2 Å². The van der Waals surface area contributed by atoms with Crippen molar-refractivity contribution in [1.82, 2.24) is 15.1 Å². The Hall–Kier alpha value is -2.73. The Morgan fingerprint density at radius 1 is 0.960 bits per heavy atom. The summed E-state index contributed by atoms with van der Waals surface area (Å²) in [5, 5.41) is 8.07. The first-order valence-electron chi connectivity index (χ1n) is 8.04. The van der Waals surface area contributed by atoms with Crippen molar-refractivity contribution >= 4 is 5.69 Å². The molecule has 0 aliphatic rings. The zero-order valence-electron chi connectivity index (χ0n) is 14.6. The molecule has 2 aromatic carbocycles. The fourth-order valence-electron chi connectivity index (χ4n) is 2.59. The van der Waals surface area contributed by atoms with Crippen molar-refractivity contribution < 1.29 is 8.81 Å². The lowest BCUT2D eigenvalue weighted by Crippen LogP contribution is -2.18. The predicted molar refractivity (Wildman–Crippen MR) is 95.6 cm³/mol. The smallest absolute Gasteiger partial charge is 0.247 e. The number of nitrogens with zero attached hydrogens (tertiary/aromatic N) is 4. The summed E-state index contributed by atoms with van der Waals surface area (Å²) in [5.41, 5.74) is 2.95. The summed E-state index contributed by atoms with van der Waals surface area (Å²) in [6.45, 7) is 1.29. The molecule has 3 aromatic rings. The number of benzene rings is 2. The highest BCUT2D eigenvalue weighted by Gasteiger charge is 2.11. The van der Waals surface area contributed by atoms with E-state index in [1.165, 1.54) is 17.7 Å². The molecule has 1 heterocycles. The molecule has 0 spiro atoms. The van der Waals surface area contributed by atoms with Crippen LogP contribution in [0.4, 0.5) is 10.1 Å². The van der Waals surface area contributed by atoms with Gasteiger partial charge < -0.3 is 9.32 Å². The maximum atomic E-state index is 13.3. The molecule has 0 unspecified atom stereocenters. The Bertz CT molecular complexity index is 847. The minimum atomic E-state index is -0.324. The Kier molecular flexibility index (Phi) is 5.09. The van der Waals surface area contributed by atoms with Crippen LogP contribution < -0.4 is 4.90 Å². The third kappa shape index (κ3) is 4.42. The highest BCUT2D eigenvalue weighted by Crippen LogP contribution is 2.20. The lowest BCUT2D eigenvalue weighted by atomic mass is 10.2. The Balaban J connectivity index is 1.65. The van der Waals surface area contributed by atoms with Crippen LogP contribution in [-0.4, -0.2) is 36.2 Å². The third-order valence-corrected chi connectivity index (χ3v) is 3.82. The molecule has 3 rings (SSSR count). The van der Waals surface area contributed by atoms with Crippen molar-refractivity contribution in [3.8, 4) is 11.5 Å². The predicted octanol–water partition coefficient (Wildman–Crippen LogP) is 3.57. The highest BCUT2D eigenvalue weighted by molar-refractivity contribution is 5.52. The van der Waals surface area contributed by atoms with Crippen molar-refractivity contribution in [2.75, 3.05) is 26.0 Å². The second-order valence-corrected chi connectivity index (χ2v) is 6.25. The number of hydrogen-bond acceptors (Lipinski definition) is 5. The van der Waals surface area contributed by atoms with Crippen molar-refractivity contribution in [3.05, 3.63) is 65.8 Å². The maximum Gasteiger partial charge on any atom is 0.247 e. The van der Waals surface area contributed by atoms with Crippen molar-refractivity contribution in [2.45, 2.75) is 13.1 Å². The minimum Gasteiger partial charge on any atom is -0.419 e. The maximum absolute atomic E-state index is 13.3. The van der Waals surface area contributed by atoms with Crippen molar-refractivity contribution in [1.29, 1.82) is 0 Å². The normalized spacial score (nSPS) is 11.1. The molecule has 0 aliphatic carbocycles. The van der Waals surface area contributed by atoms with Gasteiger partial charge in [-0.2, -0.15) is 0 Å². The van der Waals surface area contributed by atoms with Crippen LogP contribution >= 0.6 is 0 Å². The highest BCUT2D eigenvalue weighted by atomic mass is 19.1. The van der Waals surface area contributed by atoms with E-state index in [2.05, 4.69) is 38.2 Å². The molecule has 0 fully saturated rings. The zero-order valence-corrected chi connectivity index (χ0v) is 14.6. The molecule has 0 radical (unpaired) electrons.